The zero-order chi connectivity index (χ0) is 30.5. The van der Waals surface area contributed by atoms with E-state index in [1.54, 1.807) is 38.5 Å². The predicted molar refractivity (Wildman–Crippen MR) is 160 cm³/mol. The minimum atomic E-state index is -1.16. The number of rotatable bonds is 9. The van der Waals surface area contributed by atoms with Gasteiger partial charge in [-0.3, -0.25) is 4.79 Å². The van der Waals surface area contributed by atoms with Gasteiger partial charge in [0, 0.05) is 16.8 Å². The molecule has 0 aliphatic carbocycles. The van der Waals surface area contributed by atoms with Crippen molar-refractivity contribution in [2.75, 3.05) is 19.5 Å². The van der Waals surface area contributed by atoms with Gasteiger partial charge in [-0.05, 0) is 91.9 Å². The number of ether oxygens (including phenoxy) is 3. The summed E-state index contributed by atoms with van der Waals surface area (Å²) in [4.78, 5) is 46.7. The van der Waals surface area contributed by atoms with E-state index in [2.05, 4.69) is 5.32 Å². The van der Waals surface area contributed by atoms with Gasteiger partial charge in [0.15, 0.2) is 6.10 Å². The molecule has 10 heteroatoms. The van der Waals surface area contributed by atoms with Crippen LogP contribution in [-0.4, -0.2) is 53.2 Å². The summed E-state index contributed by atoms with van der Waals surface area (Å²) in [5, 5.41) is 11.7. The second-order valence-corrected chi connectivity index (χ2v) is 9.50. The van der Waals surface area contributed by atoms with E-state index in [0.29, 0.717) is 33.9 Å². The van der Waals surface area contributed by atoms with Crippen molar-refractivity contribution in [3.05, 3.63) is 102 Å². The minimum Gasteiger partial charge on any atom is -0.497 e. The van der Waals surface area contributed by atoms with Crippen LogP contribution in [0.3, 0.4) is 0 Å². The van der Waals surface area contributed by atoms with Crippen LogP contribution in [0.15, 0.2) is 91.0 Å². The average molecular weight is 578 g/mol. The Morgan fingerprint density at radius 1 is 0.721 bits per heavy atom. The highest BCUT2D eigenvalue weighted by molar-refractivity contribution is 5.99. The molecular weight excluding hydrogens is 550 g/mol. The van der Waals surface area contributed by atoms with Crippen LogP contribution in [-0.2, 0) is 9.53 Å². The number of nitrogens with zero attached hydrogens (tertiary/aromatic N) is 2. The van der Waals surface area contributed by atoms with Gasteiger partial charge < -0.3 is 24.6 Å². The molecule has 1 atom stereocenters. The predicted octanol–water partition coefficient (Wildman–Crippen LogP) is 5.86. The summed E-state index contributed by atoms with van der Waals surface area (Å²) in [6, 6.07) is 25.5. The zero-order valence-corrected chi connectivity index (χ0v) is 23.5. The number of amides is 1. The van der Waals surface area contributed by atoms with Crippen LogP contribution in [0.1, 0.15) is 27.6 Å². The second-order valence-electron chi connectivity index (χ2n) is 9.50. The van der Waals surface area contributed by atoms with Crippen molar-refractivity contribution in [3.8, 4) is 34.0 Å². The van der Waals surface area contributed by atoms with E-state index in [1.807, 2.05) is 48.5 Å². The van der Waals surface area contributed by atoms with E-state index < -0.39 is 23.9 Å². The van der Waals surface area contributed by atoms with Crippen molar-refractivity contribution in [1.82, 2.24) is 9.97 Å². The summed E-state index contributed by atoms with van der Waals surface area (Å²) < 4.78 is 16.0. The van der Waals surface area contributed by atoms with E-state index in [-0.39, 0.29) is 16.8 Å². The van der Waals surface area contributed by atoms with E-state index in [1.165, 1.54) is 25.1 Å². The summed E-state index contributed by atoms with van der Waals surface area (Å²) in [6.07, 6.45) is -1.16. The molecule has 0 radical (unpaired) electrons. The standard InChI is InChI=1S/C33H27N3O7/c1-19(31(37)34-24-6-4-5-22(17-24)32(38)39)43-33(40)23-11-16-27-28(18-23)36-30(21-9-14-26(42-3)15-10-21)29(35-27)20-7-12-25(41-2)13-8-20/h4-19H,1-3H3,(H,34,37)(H,38,39). The molecule has 0 spiro atoms. The Morgan fingerprint density at radius 2 is 1.30 bits per heavy atom. The van der Waals surface area contributed by atoms with Gasteiger partial charge >= 0.3 is 11.9 Å². The fourth-order valence-corrected chi connectivity index (χ4v) is 4.34. The summed E-state index contributed by atoms with van der Waals surface area (Å²) >= 11 is 0. The highest BCUT2D eigenvalue weighted by Crippen LogP contribution is 2.33. The number of anilines is 1. The molecule has 10 nitrogen and oxygen atoms in total. The molecule has 2 N–H and O–H groups in total. The maximum atomic E-state index is 13.0. The van der Waals surface area contributed by atoms with Crippen molar-refractivity contribution in [2.45, 2.75) is 13.0 Å². The van der Waals surface area contributed by atoms with E-state index in [0.717, 1.165) is 11.1 Å². The number of carbonyl (C=O) groups excluding carboxylic acids is 2. The SMILES string of the molecule is COc1ccc(-c2nc3ccc(C(=O)OC(C)C(=O)Nc4cccc(C(=O)O)c4)cc3nc2-c2ccc(OC)cc2)cc1. The quantitative estimate of drug-likeness (QED) is 0.206. The number of aromatic carboxylic acids is 1. The van der Waals surface area contributed by atoms with Crippen molar-refractivity contribution >= 4 is 34.6 Å². The smallest absolute Gasteiger partial charge is 0.338 e. The Morgan fingerprint density at radius 3 is 1.86 bits per heavy atom. The number of nitrogens with one attached hydrogen (secondary N) is 1. The summed E-state index contributed by atoms with van der Waals surface area (Å²) in [5.74, 6) is -1.05. The lowest BCUT2D eigenvalue weighted by atomic mass is 10.0. The average Bonchev–Trinajstić information content (AvgIpc) is 3.04. The molecule has 0 saturated carbocycles. The Bertz CT molecular complexity index is 1820. The molecule has 0 aliphatic heterocycles. The first kappa shape index (κ1) is 28.7. The van der Waals surface area contributed by atoms with Crippen molar-refractivity contribution in [3.63, 3.8) is 0 Å². The third kappa shape index (κ3) is 6.43. The molecule has 0 saturated heterocycles. The molecule has 43 heavy (non-hydrogen) atoms. The van der Waals surface area contributed by atoms with Crippen molar-refractivity contribution in [2.24, 2.45) is 0 Å². The molecule has 0 bridgehead atoms. The number of hydrogen-bond donors (Lipinski definition) is 2. The molecule has 1 unspecified atom stereocenters. The summed E-state index contributed by atoms with van der Waals surface area (Å²) in [5.41, 5.74) is 4.37. The van der Waals surface area contributed by atoms with E-state index in [9.17, 15) is 14.4 Å². The number of aromatic nitrogens is 2. The number of fused-ring (bicyclic) bond motifs is 1. The molecule has 216 valence electrons. The van der Waals surface area contributed by atoms with Crippen molar-refractivity contribution < 1.29 is 33.7 Å². The summed E-state index contributed by atoms with van der Waals surface area (Å²) in [7, 11) is 3.19. The lowest BCUT2D eigenvalue weighted by Crippen LogP contribution is -2.30. The lowest BCUT2D eigenvalue weighted by Gasteiger charge is -2.15. The van der Waals surface area contributed by atoms with E-state index >= 15 is 0 Å². The molecule has 1 heterocycles. The van der Waals surface area contributed by atoms with Gasteiger partial charge in [0.1, 0.15) is 11.5 Å². The molecule has 1 aromatic heterocycles. The number of carboxylic acids is 1. The fraction of sp³-hybridized carbons (Fsp3) is 0.121. The molecule has 4 aromatic carbocycles. The van der Waals surface area contributed by atoms with Crippen molar-refractivity contribution in [1.29, 1.82) is 0 Å². The normalized spacial score (nSPS) is 11.4. The fourth-order valence-electron chi connectivity index (χ4n) is 4.34. The van der Waals surface area contributed by atoms with Crippen LogP contribution in [0.5, 0.6) is 11.5 Å². The minimum absolute atomic E-state index is 0.0175. The number of esters is 1. The lowest BCUT2D eigenvalue weighted by molar-refractivity contribution is -0.123. The number of hydrogen-bond acceptors (Lipinski definition) is 8. The Balaban J connectivity index is 1.43. The molecule has 5 rings (SSSR count). The third-order valence-electron chi connectivity index (χ3n) is 6.66. The molecule has 5 aromatic rings. The van der Waals surface area contributed by atoms with Crippen LogP contribution in [0.25, 0.3) is 33.5 Å². The van der Waals surface area contributed by atoms with Crippen LogP contribution >= 0.6 is 0 Å². The maximum Gasteiger partial charge on any atom is 0.338 e. The van der Waals surface area contributed by atoms with Gasteiger partial charge in [-0.25, -0.2) is 19.6 Å². The first-order valence-corrected chi connectivity index (χ1v) is 13.2. The van der Waals surface area contributed by atoms with Gasteiger partial charge in [-0.1, -0.05) is 6.07 Å². The molecule has 0 fully saturated rings. The van der Waals surface area contributed by atoms with Gasteiger partial charge in [0.25, 0.3) is 5.91 Å². The van der Waals surface area contributed by atoms with Crippen LogP contribution in [0.2, 0.25) is 0 Å². The number of benzene rings is 4. The highest BCUT2D eigenvalue weighted by Gasteiger charge is 2.21. The first-order chi connectivity index (χ1) is 20.7. The van der Waals surface area contributed by atoms with Gasteiger partial charge in [-0.2, -0.15) is 0 Å². The second kappa shape index (κ2) is 12.4. The Kier molecular flexibility index (Phi) is 8.29. The number of carboxylic acid groups (broad SMARTS) is 1. The van der Waals surface area contributed by atoms with Crippen LogP contribution < -0.4 is 14.8 Å². The maximum absolute atomic E-state index is 13.0. The largest absolute Gasteiger partial charge is 0.497 e. The highest BCUT2D eigenvalue weighted by atomic mass is 16.5. The molecular formula is C33H27N3O7. The van der Waals surface area contributed by atoms with Gasteiger partial charge in [0.2, 0.25) is 0 Å². The monoisotopic (exact) mass is 577 g/mol. The summed E-state index contributed by atoms with van der Waals surface area (Å²) in [6.45, 7) is 1.43. The Hall–Kier alpha value is -5.77. The zero-order valence-electron chi connectivity index (χ0n) is 23.5. The molecule has 1 amide bonds. The van der Waals surface area contributed by atoms with Crippen LogP contribution in [0, 0.1) is 0 Å². The van der Waals surface area contributed by atoms with Gasteiger partial charge in [-0.15, -0.1) is 0 Å². The van der Waals surface area contributed by atoms with Crippen LogP contribution in [0.4, 0.5) is 5.69 Å². The number of carbonyl (C=O) groups is 3. The van der Waals surface area contributed by atoms with E-state index in [4.69, 9.17) is 29.3 Å². The number of methoxy groups -OCH3 is 2. The van der Waals surface area contributed by atoms with Gasteiger partial charge in [0.05, 0.1) is 47.8 Å². The Labute approximate surface area is 246 Å². The first-order valence-electron chi connectivity index (χ1n) is 13.2. The third-order valence-corrected chi connectivity index (χ3v) is 6.66. The molecule has 0 aliphatic rings. The topological polar surface area (TPSA) is 137 Å².